The zero-order valence-corrected chi connectivity index (χ0v) is 6.55. The average Bonchev–Trinajstić information content (AvgIpc) is 1.89. The number of carbonyl (C=O) groups excluding carboxylic acids is 1. The topological polar surface area (TPSA) is 41.1 Å². The molecule has 0 saturated heterocycles. The van der Waals surface area contributed by atoms with Crippen molar-refractivity contribution < 1.29 is 4.79 Å². The quantitative estimate of drug-likeness (QED) is 0.564. The highest BCUT2D eigenvalue weighted by atomic mass is 32.2. The molecule has 0 fully saturated rings. The van der Waals surface area contributed by atoms with Crippen LogP contribution in [0.1, 0.15) is 0 Å². The minimum Gasteiger partial charge on any atom is -0.341 e. The van der Waals surface area contributed by atoms with Crippen molar-refractivity contribution in [1.82, 2.24) is 10.6 Å². The van der Waals surface area contributed by atoms with Crippen molar-refractivity contribution in [3.05, 3.63) is 0 Å². The fourth-order valence-electron chi connectivity index (χ4n) is 0.355. The fourth-order valence-corrected chi connectivity index (χ4v) is 0.661. The lowest BCUT2D eigenvalue weighted by Crippen LogP contribution is -2.34. The Balaban J connectivity index is 2.97. The van der Waals surface area contributed by atoms with Crippen LogP contribution in [0.15, 0.2) is 0 Å². The number of hydrogen-bond acceptors (Lipinski definition) is 2. The van der Waals surface area contributed by atoms with Gasteiger partial charge in [0.2, 0.25) is 0 Å². The van der Waals surface area contributed by atoms with Crippen molar-refractivity contribution in [2.75, 3.05) is 25.6 Å². The first-order valence-corrected chi connectivity index (χ1v) is 4.15. The Labute approximate surface area is 59.6 Å². The predicted molar refractivity (Wildman–Crippen MR) is 40.8 cm³/mol. The second kappa shape index (κ2) is 5.75. The van der Waals surface area contributed by atoms with E-state index in [1.807, 2.05) is 6.26 Å². The van der Waals surface area contributed by atoms with E-state index < -0.39 is 0 Å². The summed E-state index contributed by atoms with van der Waals surface area (Å²) in [6.07, 6.45) is 2.01. The molecule has 0 spiro atoms. The molecular formula is C5H12N2OS. The van der Waals surface area contributed by atoms with E-state index in [-0.39, 0.29) is 6.03 Å². The Bertz CT molecular complexity index is 87.0. The van der Waals surface area contributed by atoms with E-state index in [4.69, 9.17) is 0 Å². The summed E-state index contributed by atoms with van der Waals surface area (Å²) >= 11 is 1.71. The van der Waals surface area contributed by atoms with E-state index in [1.54, 1.807) is 18.8 Å². The van der Waals surface area contributed by atoms with Gasteiger partial charge in [-0.25, -0.2) is 4.79 Å². The fraction of sp³-hybridized carbons (Fsp3) is 0.800. The molecule has 4 heteroatoms. The maximum atomic E-state index is 10.5. The lowest BCUT2D eigenvalue weighted by molar-refractivity contribution is 0.243. The van der Waals surface area contributed by atoms with Gasteiger partial charge in [-0.1, -0.05) is 0 Å². The molecule has 2 N–H and O–H groups in total. The summed E-state index contributed by atoms with van der Waals surface area (Å²) in [4.78, 5) is 10.5. The van der Waals surface area contributed by atoms with Crippen molar-refractivity contribution >= 4 is 17.8 Å². The summed E-state index contributed by atoms with van der Waals surface area (Å²) in [5.74, 6) is 0.966. The number of urea groups is 1. The number of hydrogen-bond donors (Lipinski definition) is 2. The molecule has 2 amide bonds. The monoisotopic (exact) mass is 148 g/mol. The highest BCUT2D eigenvalue weighted by Gasteiger charge is 1.90. The average molecular weight is 148 g/mol. The molecule has 0 aromatic rings. The number of nitrogens with one attached hydrogen (secondary N) is 2. The number of amides is 2. The molecule has 3 nitrogen and oxygen atoms in total. The SMILES string of the molecule is CNC(=O)NCCSC. The van der Waals surface area contributed by atoms with Gasteiger partial charge in [0.05, 0.1) is 0 Å². The van der Waals surface area contributed by atoms with Crippen molar-refractivity contribution in [3.63, 3.8) is 0 Å². The van der Waals surface area contributed by atoms with Crippen molar-refractivity contribution in [2.45, 2.75) is 0 Å². The minimum atomic E-state index is -0.107. The van der Waals surface area contributed by atoms with Gasteiger partial charge in [0.25, 0.3) is 0 Å². The van der Waals surface area contributed by atoms with Gasteiger partial charge in [-0.2, -0.15) is 11.8 Å². The summed E-state index contributed by atoms with van der Waals surface area (Å²) in [5.41, 5.74) is 0. The van der Waals surface area contributed by atoms with Gasteiger partial charge in [-0.3, -0.25) is 0 Å². The number of thioether (sulfide) groups is 1. The molecule has 0 aromatic carbocycles. The summed E-state index contributed by atoms with van der Waals surface area (Å²) in [5, 5.41) is 5.13. The first-order valence-electron chi connectivity index (χ1n) is 2.75. The van der Waals surface area contributed by atoms with Gasteiger partial charge in [0.1, 0.15) is 0 Å². The van der Waals surface area contributed by atoms with Gasteiger partial charge in [0.15, 0.2) is 0 Å². The van der Waals surface area contributed by atoms with Crippen LogP contribution in [-0.4, -0.2) is 31.6 Å². The van der Waals surface area contributed by atoms with Gasteiger partial charge in [-0.05, 0) is 6.26 Å². The Hall–Kier alpha value is -0.380. The molecule has 0 heterocycles. The smallest absolute Gasteiger partial charge is 0.314 e. The van der Waals surface area contributed by atoms with E-state index in [9.17, 15) is 4.79 Å². The van der Waals surface area contributed by atoms with E-state index in [0.717, 1.165) is 12.3 Å². The van der Waals surface area contributed by atoms with Gasteiger partial charge in [0, 0.05) is 19.3 Å². The van der Waals surface area contributed by atoms with Crippen molar-refractivity contribution in [1.29, 1.82) is 0 Å². The standard InChI is InChI=1S/C5H12N2OS/c1-6-5(8)7-3-4-9-2/h3-4H2,1-2H3,(H2,6,7,8). The molecule has 0 radical (unpaired) electrons. The maximum absolute atomic E-state index is 10.5. The van der Waals surface area contributed by atoms with Crippen LogP contribution in [0.5, 0.6) is 0 Å². The van der Waals surface area contributed by atoms with Crippen LogP contribution in [0.3, 0.4) is 0 Å². The molecule has 0 atom stereocenters. The van der Waals surface area contributed by atoms with Crippen LogP contribution >= 0.6 is 11.8 Å². The van der Waals surface area contributed by atoms with E-state index in [0.29, 0.717) is 0 Å². The summed E-state index contributed by atoms with van der Waals surface area (Å²) in [7, 11) is 1.61. The molecule has 0 aliphatic rings. The maximum Gasteiger partial charge on any atom is 0.314 e. The molecule has 0 rings (SSSR count). The summed E-state index contributed by atoms with van der Waals surface area (Å²) < 4.78 is 0. The molecular weight excluding hydrogens is 136 g/mol. The van der Waals surface area contributed by atoms with E-state index in [1.165, 1.54) is 0 Å². The zero-order chi connectivity index (χ0) is 7.11. The van der Waals surface area contributed by atoms with Crippen LogP contribution in [0.4, 0.5) is 4.79 Å². The Morgan fingerprint density at radius 2 is 2.33 bits per heavy atom. The Morgan fingerprint density at radius 1 is 1.67 bits per heavy atom. The molecule has 0 bridgehead atoms. The molecule has 54 valence electrons. The van der Waals surface area contributed by atoms with E-state index in [2.05, 4.69) is 10.6 Å². The molecule has 9 heavy (non-hydrogen) atoms. The minimum absolute atomic E-state index is 0.107. The second-order valence-electron chi connectivity index (χ2n) is 1.50. The summed E-state index contributed by atoms with van der Waals surface area (Å²) in [6.45, 7) is 0.737. The normalized spacial score (nSPS) is 8.67. The van der Waals surface area contributed by atoms with Crippen molar-refractivity contribution in [3.8, 4) is 0 Å². The molecule has 0 aliphatic heterocycles. The Morgan fingerprint density at radius 3 is 2.78 bits per heavy atom. The highest BCUT2D eigenvalue weighted by molar-refractivity contribution is 7.98. The van der Waals surface area contributed by atoms with Gasteiger partial charge >= 0.3 is 6.03 Å². The second-order valence-corrected chi connectivity index (χ2v) is 2.48. The highest BCUT2D eigenvalue weighted by Crippen LogP contribution is 1.86. The van der Waals surface area contributed by atoms with Crippen LogP contribution in [-0.2, 0) is 0 Å². The number of carbonyl (C=O) groups is 1. The number of rotatable bonds is 3. The van der Waals surface area contributed by atoms with Crippen LogP contribution < -0.4 is 10.6 Å². The molecule has 0 aliphatic carbocycles. The van der Waals surface area contributed by atoms with E-state index >= 15 is 0 Å². The summed E-state index contributed by atoms with van der Waals surface area (Å²) in [6, 6.07) is -0.107. The first-order chi connectivity index (χ1) is 4.31. The molecule has 0 unspecified atom stereocenters. The molecule has 0 aromatic heterocycles. The van der Waals surface area contributed by atoms with Crippen LogP contribution in [0.25, 0.3) is 0 Å². The third-order valence-corrected chi connectivity index (χ3v) is 1.43. The zero-order valence-electron chi connectivity index (χ0n) is 5.73. The van der Waals surface area contributed by atoms with Crippen LogP contribution in [0.2, 0.25) is 0 Å². The Kier molecular flexibility index (Phi) is 5.51. The lowest BCUT2D eigenvalue weighted by atomic mass is 10.7. The van der Waals surface area contributed by atoms with Crippen LogP contribution in [0, 0.1) is 0 Å². The van der Waals surface area contributed by atoms with Crippen molar-refractivity contribution in [2.24, 2.45) is 0 Å². The predicted octanol–water partition coefficient (Wildman–Crippen LogP) is 0.278. The third-order valence-electron chi connectivity index (χ3n) is 0.819. The third kappa shape index (κ3) is 5.49. The van der Waals surface area contributed by atoms with Gasteiger partial charge < -0.3 is 10.6 Å². The molecule has 0 saturated carbocycles. The lowest BCUT2D eigenvalue weighted by Gasteiger charge is -2.00. The largest absolute Gasteiger partial charge is 0.341 e. The first kappa shape index (κ1) is 8.62. The van der Waals surface area contributed by atoms with Gasteiger partial charge in [-0.15, -0.1) is 0 Å².